The first-order valence-electron chi connectivity index (χ1n) is 9.74. The first kappa shape index (κ1) is 18.7. The number of hydrogen-bond donors (Lipinski definition) is 2. The van der Waals surface area contributed by atoms with E-state index in [1.807, 2.05) is 6.92 Å². The molecule has 0 spiro atoms. The number of carbonyl (C=O) groups excluding carboxylic acids is 2. The van der Waals surface area contributed by atoms with Gasteiger partial charge in [0.2, 0.25) is 0 Å². The summed E-state index contributed by atoms with van der Waals surface area (Å²) in [4.78, 5) is 28.5. The summed E-state index contributed by atoms with van der Waals surface area (Å²) in [6.45, 7) is 5.87. The number of nitrogens with zero attached hydrogens (tertiary/aromatic N) is 2. The SMILES string of the molecule is CCNC(=O)C(=O)NCC(c1ccc2c(c1)CCN2C)N1CCCCC1. The first-order valence-corrected chi connectivity index (χ1v) is 9.74. The zero-order valence-corrected chi connectivity index (χ0v) is 15.9. The van der Waals surface area contributed by atoms with Crippen LogP contribution in [-0.4, -0.2) is 56.5 Å². The van der Waals surface area contributed by atoms with Crippen molar-refractivity contribution in [2.24, 2.45) is 0 Å². The summed E-state index contributed by atoms with van der Waals surface area (Å²) in [6, 6.07) is 6.78. The Hall–Kier alpha value is -2.08. The molecule has 2 heterocycles. The molecule has 1 unspecified atom stereocenters. The van der Waals surface area contributed by atoms with Gasteiger partial charge < -0.3 is 15.5 Å². The van der Waals surface area contributed by atoms with Gasteiger partial charge in [0.25, 0.3) is 0 Å². The van der Waals surface area contributed by atoms with Crippen LogP contribution >= 0.6 is 0 Å². The standard InChI is InChI=1S/C20H30N4O2/c1-3-21-19(25)20(26)22-14-18(24-10-5-4-6-11-24)15-7-8-17-16(13-15)9-12-23(17)2/h7-8,13,18H,3-6,9-12,14H2,1-2H3,(H,21,25)(H,22,26). The minimum atomic E-state index is -0.555. The van der Waals surface area contributed by atoms with Gasteiger partial charge in [-0.05, 0) is 56.5 Å². The molecule has 6 nitrogen and oxygen atoms in total. The van der Waals surface area contributed by atoms with Crippen LogP contribution in [0.1, 0.15) is 43.4 Å². The van der Waals surface area contributed by atoms with Crippen molar-refractivity contribution in [3.8, 4) is 0 Å². The molecule has 3 rings (SSSR count). The Labute approximate surface area is 155 Å². The van der Waals surface area contributed by atoms with E-state index in [9.17, 15) is 9.59 Å². The number of nitrogens with one attached hydrogen (secondary N) is 2. The summed E-state index contributed by atoms with van der Waals surface area (Å²) < 4.78 is 0. The Bertz CT molecular complexity index is 655. The monoisotopic (exact) mass is 358 g/mol. The van der Waals surface area contributed by atoms with Gasteiger partial charge in [0.15, 0.2) is 0 Å². The van der Waals surface area contributed by atoms with Crippen LogP contribution in [0.15, 0.2) is 18.2 Å². The lowest BCUT2D eigenvalue weighted by atomic mass is 9.98. The Balaban J connectivity index is 1.75. The number of piperidine rings is 1. The molecule has 6 heteroatoms. The number of fused-ring (bicyclic) bond motifs is 1. The highest BCUT2D eigenvalue weighted by atomic mass is 16.2. The second kappa shape index (κ2) is 8.54. The second-order valence-electron chi connectivity index (χ2n) is 7.24. The van der Waals surface area contributed by atoms with Gasteiger partial charge in [0.05, 0.1) is 6.04 Å². The van der Waals surface area contributed by atoms with Gasteiger partial charge in [-0.1, -0.05) is 18.6 Å². The van der Waals surface area contributed by atoms with Crippen LogP contribution in [0.5, 0.6) is 0 Å². The number of benzene rings is 1. The molecule has 2 aliphatic rings. The lowest BCUT2D eigenvalue weighted by Gasteiger charge is -2.35. The fourth-order valence-corrected chi connectivity index (χ4v) is 3.99. The summed E-state index contributed by atoms with van der Waals surface area (Å²) in [6.07, 6.45) is 4.71. The molecule has 0 aromatic heterocycles. The number of amides is 2. The summed E-state index contributed by atoms with van der Waals surface area (Å²) >= 11 is 0. The van der Waals surface area contributed by atoms with Crippen molar-refractivity contribution in [3.05, 3.63) is 29.3 Å². The minimum absolute atomic E-state index is 0.116. The third-order valence-electron chi connectivity index (χ3n) is 5.45. The molecule has 0 saturated carbocycles. The Morgan fingerprint density at radius 3 is 2.54 bits per heavy atom. The van der Waals surface area contributed by atoms with Gasteiger partial charge in [-0.2, -0.15) is 0 Å². The number of rotatable bonds is 5. The van der Waals surface area contributed by atoms with E-state index in [0.717, 1.165) is 26.1 Å². The van der Waals surface area contributed by atoms with Gasteiger partial charge in [0.1, 0.15) is 0 Å². The molecular weight excluding hydrogens is 328 g/mol. The molecule has 1 saturated heterocycles. The van der Waals surface area contributed by atoms with Crippen molar-refractivity contribution < 1.29 is 9.59 Å². The van der Waals surface area contributed by atoms with E-state index in [2.05, 4.69) is 45.7 Å². The maximum absolute atomic E-state index is 12.0. The molecule has 2 aliphatic heterocycles. The molecule has 0 aliphatic carbocycles. The molecule has 1 atom stereocenters. The quantitative estimate of drug-likeness (QED) is 0.782. The fourth-order valence-electron chi connectivity index (χ4n) is 3.99. The van der Waals surface area contributed by atoms with Gasteiger partial charge >= 0.3 is 11.8 Å². The van der Waals surface area contributed by atoms with Crippen molar-refractivity contribution in [3.63, 3.8) is 0 Å². The van der Waals surface area contributed by atoms with Crippen LogP contribution in [0.3, 0.4) is 0 Å². The molecule has 2 amide bonds. The molecule has 0 bridgehead atoms. The summed E-state index contributed by atoms with van der Waals surface area (Å²) in [7, 11) is 2.13. The molecule has 1 aromatic carbocycles. The molecule has 0 radical (unpaired) electrons. The minimum Gasteiger partial charge on any atom is -0.374 e. The largest absolute Gasteiger partial charge is 0.374 e. The number of carbonyl (C=O) groups is 2. The summed E-state index contributed by atoms with van der Waals surface area (Å²) in [5, 5.41) is 5.39. The van der Waals surface area contributed by atoms with Gasteiger partial charge in [0, 0.05) is 32.4 Å². The van der Waals surface area contributed by atoms with Crippen LogP contribution in [0, 0.1) is 0 Å². The Kier molecular flexibility index (Phi) is 6.14. The molecule has 26 heavy (non-hydrogen) atoms. The predicted molar refractivity (Wildman–Crippen MR) is 103 cm³/mol. The number of anilines is 1. The van der Waals surface area contributed by atoms with Crippen LogP contribution in [-0.2, 0) is 16.0 Å². The van der Waals surface area contributed by atoms with Gasteiger partial charge in [-0.3, -0.25) is 14.5 Å². The second-order valence-corrected chi connectivity index (χ2v) is 7.24. The van der Waals surface area contributed by atoms with Crippen LogP contribution in [0.25, 0.3) is 0 Å². The highest BCUT2D eigenvalue weighted by Crippen LogP contribution is 2.32. The van der Waals surface area contributed by atoms with E-state index >= 15 is 0 Å². The van der Waals surface area contributed by atoms with Crippen molar-refractivity contribution in [2.75, 3.05) is 44.7 Å². The van der Waals surface area contributed by atoms with Gasteiger partial charge in [-0.15, -0.1) is 0 Å². The van der Waals surface area contributed by atoms with E-state index in [1.54, 1.807) is 0 Å². The van der Waals surface area contributed by atoms with E-state index in [0.29, 0.717) is 13.1 Å². The fraction of sp³-hybridized carbons (Fsp3) is 0.600. The lowest BCUT2D eigenvalue weighted by molar-refractivity contribution is -0.139. The van der Waals surface area contributed by atoms with E-state index < -0.39 is 11.8 Å². The first-order chi connectivity index (χ1) is 12.6. The molecule has 1 aromatic rings. The molecule has 2 N–H and O–H groups in total. The summed E-state index contributed by atoms with van der Waals surface area (Å²) in [5.41, 5.74) is 3.91. The molecular formula is C20H30N4O2. The van der Waals surface area contributed by atoms with Crippen molar-refractivity contribution in [1.29, 1.82) is 0 Å². The van der Waals surface area contributed by atoms with Crippen molar-refractivity contribution >= 4 is 17.5 Å². The highest BCUT2D eigenvalue weighted by molar-refractivity contribution is 6.35. The third-order valence-corrected chi connectivity index (χ3v) is 5.45. The molecule has 142 valence electrons. The average Bonchev–Trinajstić information content (AvgIpc) is 3.03. The average molecular weight is 358 g/mol. The maximum atomic E-state index is 12.0. The number of likely N-dealkylation sites (N-methyl/N-ethyl adjacent to an activating group) is 2. The van der Waals surface area contributed by atoms with E-state index in [1.165, 1.54) is 36.1 Å². The Morgan fingerprint density at radius 1 is 1.08 bits per heavy atom. The maximum Gasteiger partial charge on any atom is 0.309 e. The summed E-state index contributed by atoms with van der Waals surface area (Å²) in [5.74, 6) is -1.10. The number of hydrogen-bond acceptors (Lipinski definition) is 4. The number of likely N-dealkylation sites (tertiary alicyclic amines) is 1. The lowest BCUT2D eigenvalue weighted by Crippen LogP contribution is -2.45. The van der Waals surface area contributed by atoms with Crippen molar-refractivity contribution in [1.82, 2.24) is 15.5 Å². The normalized spacial score (nSPS) is 18.3. The Morgan fingerprint density at radius 2 is 1.81 bits per heavy atom. The smallest absolute Gasteiger partial charge is 0.309 e. The van der Waals surface area contributed by atoms with Gasteiger partial charge in [-0.25, -0.2) is 0 Å². The zero-order valence-electron chi connectivity index (χ0n) is 15.9. The molecule has 1 fully saturated rings. The zero-order chi connectivity index (χ0) is 18.5. The van der Waals surface area contributed by atoms with Crippen LogP contribution < -0.4 is 15.5 Å². The highest BCUT2D eigenvalue weighted by Gasteiger charge is 2.26. The van der Waals surface area contributed by atoms with E-state index in [-0.39, 0.29) is 6.04 Å². The van der Waals surface area contributed by atoms with Crippen LogP contribution in [0.2, 0.25) is 0 Å². The van der Waals surface area contributed by atoms with E-state index in [4.69, 9.17) is 0 Å². The van der Waals surface area contributed by atoms with Crippen LogP contribution in [0.4, 0.5) is 5.69 Å². The topological polar surface area (TPSA) is 64.7 Å². The van der Waals surface area contributed by atoms with Crippen molar-refractivity contribution in [2.45, 2.75) is 38.6 Å². The predicted octanol–water partition coefficient (Wildman–Crippen LogP) is 1.46. The third kappa shape index (κ3) is 4.18.